The Morgan fingerprint density at radius 1 is 1.19 bits per heavy atom. The highest BCUT2D eigenvalue weighted by molar-refractivity contribution is 7.16. The molecule has 1 unspecified atom stereocenters. The van der Waals surface area contributed by atoms with Crippen molar-refractivity contribution < 1.29 is 14.3 Å². The Labute approximate surface area is 164 Å². The van der Waals surface area contributed by atoms with Gasteiger partial charge in [-0.1, -0.05) is 45.9 Å². The molecular formula is C19H40N2O3Si2. The molecule has 0 saturated carbocycles. The van der Waals surface area contributed by atoms with Crippen LogP contribution in [0.2, 0.25) is 18.6 Å². The van der Waals surface area contributed by atoms with Gasteiger partial charge in [0, 0.05) is 40.3 Å². The SMILES string of the molecule is C=C(C)C(=O)OCCC(CN(CCCCCC)C(=O)N(C)C)[Si](C)(C)[SiH3]. The Hall–Kier alpha value is -1.09. The van der Waals surface area contributed by atoms with Gasteiger partial charge in [0.2, 0.25) is 0 Å². The van der Waals surface area contributed by atoms with Gasteiger partial charge in [0.25, 0.3) is 0 Å². The van der Waals surface area contributed by atoms with Crippen molar-refractivity contribution in [2.24, 2.45) is 0 Å². The number of esters is 1. The summed E-state index contributed by atoms with van der Waals surface area (Å²) in [6.45, 7) is 14.2. The maximum atomic E-state index is 12.6. The highest BCUT2D eigenvalue weighted by Crippen LogP contribution is 2.25. The van der Waals surface area contributed by atoms with Crippen molar-refractivity contribution in [3.8, 4) is 0 Å². The molecule has 0 bridgehead atoms. The number of urea groups is 1. The van der Waals surface area contributed by atoms with Crippen molar-refractivity contribution in [2.75, 3.05) is 33.8 Å². The van der Waals surface area contributed by atoms with E-state index in [2.05, 4.69) is 26.6 Å². The van der Waals surface area contributed by atoms with Gasteiger partial charge in [0.05, 0.1) is 6.61 Å². The minimum absolute atomic E-state index is 0.0883. The van der Waals surface area contributed by atoms with Crippen LogP contribution in [0.15, 0.2) is 12.2 Å². The predicted molar refractivity (Wildman–Crippen MR) is 116 cm³/mol. The van der Waals surface area contributed by atoms with Crippen molar-refractivity contribution in [2.45, 2.75) is 64.6 Å². The lowest BCUT2D eigenvalue weighted by Crippen LogP contribution is -2.47. The molecule has 1 atom stereocenters. The normalized spacial score (nSPS) is 12.5. The molecular weight excluding hydrogens is 360 g/mol. The molecule has 0 aliphatic carbocycles. The van der Waals surface area contributed by atoms with E-state index in [4.69, 9.17) is 4.74 Å². The Morgan fingerprint density at radius 3 is 2.27 bits per heavy atom. The van der Waals surface area contributed by atoms with Crippen LogP contribution < -0.4 is 0 Å². The number of nitrogens with zero attached hydrogens (tertiary/aromatic N) is 2. The number of carbonyl (C=O) groups is 2. The molecule has 0 aromatic rings. The highest BCUT2D eigenvalue weighted by atomic mass is 29.2. The van der Waals surface area contributed by atoms with Gasteiger partial charge < -0.3 is 14.5 Å². The predicted octanol–water partition coefficient (Wildman–Crippen LogP) is 3.00. The summed E-state index contributed by atoms with van der Waals surface area (Å²) in [4.78, 5) is 27.9. The topological polar surface area (TPSA) is 49.9 Å². The zero-order chi connectivity index (χ0) is 20.3. The summed E-state index contributed by atoms with van der Waals surface area (Å²) in [6.07, 6.45) is 5.45. The van der Waals surface area contributed by atoms with E-state index >= 15 is 0 Å². The Balaban J connectivity index is 4.92. The summed E-state index contributed by atoms with van der Waals surface area (Å²) in [7, 11) is 3.41. The monoisotopic (exact) mass is 400 g/mol. The fourth-order valence-corrected chi connectivity index (χ4v) is 5.92. The molecule has 2 amide bonds. The van der Waals surface area contributed by atoms with Crippen LogP contribution in [0.25, 0.3) is 0 Å². The molecule has 0 N–H and O–H groups in total. The number of unbranched alkanes of at least 4 members (excludes halogenated alkanes) is 3. The molecule has 7 heteroatoms. The molecule has 0 aliphatic rings. The molecule has 152 valence electrons. The van der Waals surface area contributed by atoms with Crippen LogP contribution in [-0.4, -0.2) is 72.9 Å². The van der Waals surface area contributed by atoms with Gasteiger partial charge in [0.15, 0.2) is 0 Å². The molecule has 0 saturated heterocycles. The average molecular weight is 401 g/mol. The Kier molecular flexibility index (Phi) is 11.8. The summed E-state index contributed by atoms with van der Waals surface area (Å²) in [5.74, 6) is -0.322. The lowest BCUT2D eigenvalue weighted by molar-refractivity contribution is -0.139. The van der Waals surface area contributed by atoms with E-state index in [0.29, 0.717) is 17.7 Å². The van der Waals surface area contributed by atoms with Gasteiger partial charge in [-0.2, -0.15) is 0 Å². The first-order valence-electron chi connectivity index (χ1n) is 9.79. The molecule has 0 fully saturated rings. The Bertz CT molecular complexity index is 462. The summed E-state index contributed by atoms with van der Waals surface area (Å²) >= 11 is 0. The third-order valence-electron chi connectivity index (χ3n) is 4.65. The van der Waals surface area contributed by atoms with E-state index in [1.165, 1.54) is 12.8 Å². The summed E-state index contributed by atoms with van der Waals surface area (Å²) < 4.78 is 5.32. The van der Waals surface area contributed by atoms with Crippen LogP contribution in [-0.2, 0) is 9.53 Å². The first-order chi connectivity index (χ1) is 12.0. The maximum Gasteiger partial charge on any atom is 0.333 e. The van der Waals surface area contributed by atoms with Crippen LogP contribution in [0, 0.1) is 0 Å². The van der Waals surface area contributed by atoms with Gasteiger partial charge in [0.1, 0.15) is 0 Å². The lowest BCUT2D eigenvalue weighted by atomic mass is 10.2. The molecule has 0 spiro atoms. The first kappa shape index (κ1) is 24.9. The minimum atomic E-state index is -1.37. The van der Waals surface area contributed by atoms with Crippen molar-refractivity contribution in [3.05, 3.63) is 12.2 Å². The van der Waals surface area contributed by atoms with Crippen LogP contribution in [0.3, 0.4) is 0 Å². The van der Waals surface area contributed by atoms with E-state index in [1.54, 1.807) is 11.8 Å². The first-order valence-corrected chi connectivity index (χ1v) is 16.4. The highest BCUT2D eigenvalue weighted by Gasteiger charge is 2.30. The third kappa shape index (κ3) is 10.2. The van der Waals surface area contributed by atoms with Crippen LogP contribution in [0.4, 0.5) is 4.79 Å². The van der Waals surface area contributed by atoms with E-state index in [0.717, 1.165) is 42.1 Å². The van der Waals surface area contributed by atoms with Crippen molar-refractivity contribution in [3.63, 3.8) is 0 Å². The quantitative estimate of drug-likeness (QED) is 0.219. The number of amides is 2. The van der Waals surface area contributed by atoms with Crippen LogP contribution in [0.5, 0.6) is 0 Å². The third-order valence-corrected chi connectivity index (χ3v) is 10.0. The van der Waals surface area contributed by atoms with Gasteiger partial charge in [-0.3, -0.25) is 0 Å². The lowest BCUT2D eigenvalue weighted by Gasteiger charge is -2.35. The maximum absolute atomic E-state index is 12.6. The fraction of sp³-hybridized carbons (Fsp3) is 0.789. The van der Waals surface area contributed by atoms with Gasteiger partial charge in [-0.05, 0) is 35.1 Å². The number of hydrogen-bond acceptors (Lipinski definition) is 3. The molecule has 0 aromatic carbocycles. The molecule has 0 radical (unpaired) electrons. The smallest absolute Gasteiger partial charge is 0.333 e. The summed E-state index contributed by atoms with van der Waals surface area (Å²) in [5.41, 5.74) is 0.881. The molecule has 0 heterocycles. The number of rotatable bonds is 12. The minimum Gasteiger partial charge on any atom is -0.462 e. The fourth-order valence-electron chi connectivity index (χ4n) is 2.76. The van der Waals surface area contributed by atoms with Gasteiger partial charge in [-0.15, -0.1) is 0 Å². The molecule has 26 heavy (non-hydrogen) atoms. The molecule has 0 aromatic heterocycles. The van der Waals surface area contributed by atoms with E-state index in [-0.39, 0.29) is 12.0 Å². The number of hydrogen-bond donors (Lipinski definition) is 0. The average Bonchev–Trinajstić information content (AvgIpc) is 2.53. The summed E-state index contributed by atoms with van der Waals surface area (Å²) in [6, 6.07) is 0.0883. The second kappa shape index (κ2) is 12.3. The molecule has 5 nitrogen and oxygen atoms in total. The number of ether oxygens (including phenoxy) is 1. The zero-order valence-electron chi connectivity index (χ0n) is 18.1. The van der Waals surface area contributed by atoms with Crippen LogP contribution >= 0.6 is 0 Å². The molecule has 0 rings (SSSR count). The zero-order valence-corrected chi connectivity index (χ0v) is 21.1. The standard InChI is InChI=1S/C19H40N2O3Si2/c1-8-9-10-11-13-21(19(23)20(4)5)15-17(26(6,7)25)12-14-24-18(22)16(2)3/h17H,2,8-15H2,1,3-7,25H3. The largest absolute Gasteiger partial charge is 0.462 e. The summed E-state index contributed by atoms with van der Waals surface area (Å²) in [5, 5.41) is 0. The van der Waals surface area contributed by atoms with E-state index < -0.39 is 7.59 Å². The number of carbonyl (C=O) groups excluding carboxylic acids is 2. The van der Waals surface area contributed by atoms with Crippen molar-refractivity contribution in [1.82, 2.24) is 9.80 Å². The van der Waals surface area contributed by atoms with E-state index in [1.807, 2.05) is 19.0 Å². The Morgan fingerprint density at radius 2 is 1.81 bits per heavy atom. The van der Waals surface area contributed by atoms with Crippen LogP contribution in [0.1, 0.15) is 46.0 Å². The van der Waals surface area contributed by atoms with Crippen molar-refractivity contribution in [1.29, 1.82) is 0 Å². The van der Waals surface area contributed by atoms with Crippen molar-refractivity contribution >= 4 is 29.4 Å². The second-order valence-corrected chi connectivity index (χ2v) is 21.7. The second-order valence-electron chi connectivity index (χ2n) is 8.45. The van der Waals surface area contributed by atoms with E-state index in [9.17, 15) is 9.59 Å². The van der Waals surface area contributed by atoms with Gasteiger partial charge >= 0.3 is 12.0 Å². The van der Waals surface area contributed by atoms with Gasteiger partial charge in [-0.25, -0.2) is 9.59 Å². The molecule has 0 aliphatic heterocycles.